The Labute approximate surface area is 116 Å². The molecule has 1 aromatic carbocycles. The van der Waals surface area contributed by atoms with E-state index in [0.29, 0.717) is 10.4 Å². The van der Waals surface area contributed by atoms with E-state index in [1.807, 2.05) is 0 Å². The van der Waals surface area contributed by atoms with Gasteiger partial charge in [0.2, 0.25) is 0 Å². The normalized spacial score (nSPS) is 13.3. The summed E-state index contributed by atoms with van der Waals surface area (Å²) in [5.74, 6) is 0.559. The minimum absolute atomic E-state index is 0.0371. The van der Waals surface area contributed by atoms with Gasteiger partial charge in [0.1, 0.15) is 5.76 Å². The summed E-state index contributed by atoms with van der Waals surface area (Å²) in [5, 5.41) is 2.81. The zero-order chi connectivity index (χ0) is 14.0. The molecule has 0 aliphatic rings. The highest BCUT2D eigenvalue weighted by molar-refractivity contribution is 9.10. The van der Waals surface area contributed by atoms with Gasteiger partial charge in [-0.3, -0.25) is 0 Å². The molecule has 1 atom stereocenters. The van der Waals surface area contributed by atoms with Crippen LogP contribution in [0.4, 0.5) is 18.9 Å². The van der Waals surface area contributed by atoms with Crippen molar-refractivity contribution in [3.63, 3.8) is 0 Å². The second kappa shape index (κ2) is 5.28. The smallest absolute Gasteiger partial charge is 0.418 e. The summed E-state index contributed by atoms with van der Waals surface area (Å²) in [6.45, 7) is 1.73. The zero-order valence-electron chi connectivity index (χ0n) is 9.96. The maximum atomic E-state index is 12.8. The van der Waals surface area contributed by atoms with Crippen LogP contribution in [0.5, 0.6) is 0 Å². The topological polar surface area (TPSA) is 25.2 Å². The Kier molecular flexibility index (Phi) is 3.89. The average molecular weight is 334 g/mol. The van der Waals surface area contributed by atoms with Crippen LogP contribution >= 0.6 is 15.9 Å². The molecule has 1 heterocycles. The number of alkyl halides is 3. The maximum absolute atomic E-state index is 12.8. The van der Waals surface area contributed by atoms with Crippen molar-refractivity contribution >= 4 is 21.6 Å². The number of furan rings is 1. The molecule has 2 aromatic rings. The molecule has 1 N–H and O–H groups in total. The van der Waals surface area contributed by atoms with Gasteiger partial charge in [-0.05, 0) is 47.1 Å². The monoisotopic (exact) mass is 333 g/mol. The molecule has 102 valence electrons. The predicted molar refractivity (Wildman–Crippen MR) is 69.9 cm³/mol. The highest BCUT2D eigenvalue weighted by Gasteiger charge is 2.33. The number of benzene rings is 1. The molecule has 19 heavy (non-hydrogen) atoms. The molecule has 6 heteroatoms. The van der Waals surface area contributed by atoms with Gasteiger partial charge in [0.25, 0.3) is 0 Å². The summed E-state index contributed by atoms with van der Waals surface area (Å²) in [7, 11) is 0. The number of nitrogens with one attached hydrogen (secondary N) is 1. The predicted octanol–water partition coefficient (Wildman–Crippen LogP) is 5.23. The van der Waals surface area contributed by atoms with E-state index in [1.54, 1.807) is 25.1 Å². The minimum atomic E-state index is -4.38. The fourth-order valence-corrected chi connectivity index (χ4v) is 2.04. The first-order chi connectivity index (χ1) is 8.88. The number of hydrogen-bond donors (Lipinski definition) is 1. The zero-order valence-corrected chi connectivity index (χ0v) is 11.5. The second-order valence-corrected chi connectivity index (χ2v) is 4.83. The third-order valence-corrected chi connectivity index (χ3v) is 3.05. The van der Waals surface area contributed by atoms with Gasteiger partial charge in [-0.25, -0.2) is 0 Å². The lowest BCUT2D eigenvalue weighted by Gasteiger charge is -2.17. The number of para-hydroxylation sites is 1. The summed E-state index contributed by atoms with van der Waals surface area (Å²) in [5.41, 5.74) is -0.650. The summed E-state index contributed by atoms with van der Waals surface area (Å²) < 4.78 is 44.4. The van der Waals surface area contributed by atoms with Crippen LogP contribution < -0.4 is 5.32 Å². The third kappa shape index (κ3) is 3.32. The highest BCUT2D eigenvalue weighted by atomic mass is 79.9. The number of anilines is 1. The van der Waals surface area contributed by atoms with E-state index < -0.39 is 11.7 Å². The van der Waals surface area contributed by atoms with Crippen molar-refractivity contribution in [2.24, 2.45) is 0 Å². The summed E-state index contributed by atoms with van der Waals surface area (Å²) in [6.07, 6.45) is -4.38. The van der Waals surface area contributed by atoms with Crippen molar-refractivity contribution in [1.29, 1.82) is 0 Å². The van der Waals surface area contributed by atoms with Crippen molar-refractivity contribution in [2.75, 3.05) is 5.32 Å². The molecular formula is C13H11BrF3NO. The summed E-state index contributed by atoms with van der Waals surface area (Å²) >= 11 is 3.16. The van der Waals surface area contributed by atoms with Gasteiger partial charge >= 0.3 is 6.18 Å². The molecule has 0 aliphatic heterocycles. The SMILES string of the molecule is CC(Nc1ccccc1C(F)(F)F)c1ccc(Br)o1. The molecule has 0 radical (unpaired) electrons. The first-order valence-electron chi connectivity index (χ1n) is 5.56. The van der Waals surface area contributed by atoms with E-state index in [-0.39, 0.29) is 11.7 Å². The Bertz CT molecular complexity index is 565. The van der Waals surface area contributed by atoms with Crippen molar-refractivity contribution < 1.29 is 17.6 Å². The van der Waals surface area contributed by atoms with Crippen molar-refractivity contribution in [3.05, 3.63) is 52.4 Å². The van der Waals surface area contributed by atoms with Gasteiger partial charge in [0.05, 0.1) is 11.6 Å². The lowest BCUT2D eigenvalue weighted by molar-refractivity contribution is -0.137. The lowest BCUT2D eigenvalue weighted by atomic mass is 10.1. The molecule has 2 nitrogen and oxygen atoms in total. The first kappa shape index (κ1) is 14.0. The van der Waals surface area contributed by atoms with E-state index in [2.05, 4.69) is 21.2 Å². The Balaban J connectivity index is 2.24. The van der Waals surface area contributed by atoms with Gasteiger partial charge < -0.3 is 9.73 Å². The minimum Gasteiger partial charge on any atom is -0.452 e. The maximum Gasteiger partial charge on any atom is 0.418 e. The van der Waals surface area contributed by atoms with Crippen LogP contribution in [0, 0.1) is 0 Å². The molecule has 0 saturated carbocycles. The largest absolute Gasteiger partial charge is 0.452 e. The second-order valence-electron chi connectivity index (χ2n) is 4.05. The standard InChI is InChI=1S/C13H11BrF3NO/c1-8(11-6-7-12(14)19-11)18-10-5-3-2-4-9(10)13(15,16)17/h2-8,18H,1H3. The van der Waals surface area contributed by atoms with Crippen LogP contribution in [0.2, 0.25) is 0 Å². The molecule has 0 aliphatic carbocycles. The fourth-order valence-electron chi connectivity index (χ4n) is 1.72. The van der Waals surface area contributed by atoms with Crippen LogP contribution in [-0.2, 0) is 6.18 Å². The van der Waals surface area contributed by atoms with E-state index in [0.717, 1.165) is 6.07 Å². The van der Waals surface area contributed by atoms with Gasteiger partial charge in [0, 0.05) is 5.69 Å². The van der Waals surface area contributed by atoms with Gasteiger partial charge in [-0.1, -0.05) is 12.1 Å². The van der Waals surface area contributed by atoms with E-state index in [1.165, 1.54) is 12.1 Å². The van der Waals surface area contributed by atoms with Crippen molar-refractivity contribution in [1.82, 2.24) is 0 Å². The molecule has 0 amide bonds. The quantitative estimate of drug-likeness (QED) is 0.831. The molecule has 0 bridgehead atoms. The highest BCUT2D eigenvalue weighted by Crippen LogP contribution is 2.36. The summed E-state index contributed by atoms with van der Waals surface area (Å²) in [4.78, 5) is 0. The molecule has 0 fully saturated rings. The molecule has 2 rings (SSSR count). The number of hydrogen-bond acceptors (Lipinski definition) is 2. The van der Waals surface area contributed by atoms with Gasteiger partial charge in [-0.15, -0.1) is 0 Å². The first-order valence-corrected chi connectivity index (χ1v) is 6.35. The Morgan fingerprint density at radius 1 is 1.16 bits per heavy atom. The average Bonchev–Trinajstić information content (AvgIpc) is 2.75. The van der Waals surface area contributed by atoms with E-state index in [9.17, 15) is 13.2 Å². The number of halogens is 4. The molecule has 1 unspecified atom stereocenters. The van der Waals surface area contributed by atoms with Crippen molar-refractivity contribution in [3.8, 4) is 0 Å². The fraction of sp³-hybridized carbons (Fsp3) is 0.231. The molecule has 1 aromatic heterocycles. The van der Waals surface area contributed by atoms with Crippen LogP contribution in [0.3, 0.4) is 0 Å². The van der Waals surface area contributed by atoms with Crippen LogP contribution in [-0.4, -0.2) is 0 Å². The van der Waals surface area contributed by atoms with E-state index in [4.69, 9.17) is 4.42 Å². The molecular weight excluding hydrogens is 323 g/mol. The third-order valence-electron chi connectivity index (χ3n) is 2.63. The van der Waals surface area contributed by atoms with Crippen LogP contribution in [0.1, 0.15) is 24.3 Å². The Hall–Kier alpha value is -1.43. The van der Waals surface area contributed by atoms with Crippen molar-refractivity contribution in [2.45, 2.75) is 19.1 Å². The Morgan fingerprint density at radius 2 is 1.84 bits per heavy atom. The Morgan fingerprint density at radius 3 is 2.42 bits per heavy atom. The molecule has 0 spiro atoms. The van der Waals surface area contributed by atoms with Gasteiger partial charge in [-0.2, -0.15) is 13.2 Å². The molecule has 0 saturated heterocycles. The van der Waals surface area contributed by atoms with Gasteiger partial charge in [0.15, 0.2) is 4.67 Å². The summed E-state index contributed by atoms with van der Waals surface area (Å²) in [6, 6.07) is 8.41. The van der Waals surface area contributed by atoms with Crippen LogP contribution in [0.25, 0.3) is 0 Å². The van der Waals surface area contributed by atoms with E-state index >= 15 is 0 Å². The van der Waals surface area contributed by atoms with Crippen LogP contribution in [0.15, 0.2) is 45.5 Å². The number of rotatable bonds is 3. The lowest BCUT2D eigenvalue weighted by Crippen LogP contribution is -2.13.